The van der Waals surface area contributed by atoms with Crippen LogP contribution in [0.3, 0.4) is 0 Å². The van der Waals surface area contributed by atoms with Gasteiger partial charge in [0.2, 0.25) is 10.0 Å². The van der Waals surface area contributed by atoms with Gasteiger partial charge in [0.15, 0.2) is 0 Å². The number of alkyl halides is 1. The van der Waals surface area contributed by atoms with Gasteiger partial charge in [0, 0.05) is 19.0 Å². The molecule has 1 aliphatic heterocycles. The third-order valence-corrected chi connectivity index (χ3v) is 5.79. The van der Waals surface area contributed by atoms with Gasteiger partial charge in [0.05, 0.1) is 5.25 Å². The minimum atomic E-state index is -3.13. The molecule has 2 unspecified atom stereocenters. The highest BCUT2D eigenvalue weighted by molar-refractivity contribution is 7.89. The van der Waals surface area contributed by atoms with Crippen molar-refractivity contribution in [3.8, 4) is 0 Å². The molecule has 84 valence electrons. The first kappa shape index (κ1) is 12.3. The Labute approximate surface area is 91.5 Å². The van der Waals surface area contributed by atoms with Crippen LogP contribution in [-0.2, 0) is 10.0 Å². The van der Waals surface area contributed by atoms with Crippen molar-refractivity contribution >= 4 is 21.6 Å². The van der Waals surface area contributed by atoms with Crippen LogP contribution in [0, 0.1) is 5.92 Å². The number of sulfonamides is 1. The van der Waals surface area contributed by atoms with E-state index in [1.54, 1.807) is 11.2 Å². The molecule has 0 aromatic rings. The molecule has 0 aliphatic carbocycles. The monoisotopic (exact) mass is 239 g/mol. The molecule has 0 saturated carbocycles. The molecule has 0 bridgehead atoms. The van der Waals surface area contributed by atoms with Crippen LogP contribution in [0.5, 0.6) is 0 Å². The van der Waals surface area contributed by atoms with Crippen molar-refractivity contribution in [1.82, 2.24) is 4.31 Å². The summed E-state index contributed by atoms with van der Waals surface area (Å²) in [6.07, 6.45) is 2.05. The Hall–Kier alpha value is 0.200. The van der Waals surface area contributed by atoms with Gasteiger partial charge in [-0.3, -0.25) is 0 Å². The lowest BCUT2D eigenvalue weighted by Crippen LogP contribution is -2.36. The standard InChI is InChI=1S/C9H18ClNO2S/c1-3-9-4-5-11(7-9)14(12,13)8(2)6-10/h8-9H,3-7H2,1-2H3. The van der Waals surface area contributed by atoms with Gasteiger partial charge in [-0.25, -0.2) is 12.7 Å². The predicted molar refractivity (Wildman–Crippen MR) is 59.1 cm³/mol. The molecule has 1 aliphatic rings. The smallest absolute Gasteiger partial charge is 0.212 e. The van der Waals surface area contributed by atoms with Crippen molar-refractivity contribution in [2.75, 3.05) is 19.0 Å². The second-order valence-corrected chi connectivity index (χ2v) is 6.59. The molecular weight excluding hydrogens is 222 g/mol. The van der Waals surface area contributed by atoms with Crippen LogP contribution in [-0.4, -0.2) is 36.9 Å². The molecule has 0 aromatic carbocycles. The minimum absolute atomic E-state index is 0.176. The summed E-state index contributed by atoms with van der Waals surface area (Å²) >= 11 is 5.58. The quantitative estimate of drug-likeness (QED) is 0.700. The minimum Gasteiger partial charge on any atom is -0.212 e. The number of halogens is 1. The number of hydrogen-bond acceptors (Lipinski definition) is 2. The van der Waals surface area contributed by atoms with E-state index in [4.69, 9.17) is 11.6 Å². The first-order valence-corrected chi connectivity index (χ1v) is 7.11. The van der Waals surface area contributed by atoms with Crippen LogP contribution in [0.25, 0.3) is 0 Å². The summed E-state index contributed by atoms with van der Waals surface area (Å²) < 4.78 is 25.3. The van der Waals surface area contributed by atoms with Crippen LogP contribution >= 0.6 is 11.6 Å². The van der Waals surface area contributed by atoms with Gasteiger partial charge < -0.3 is 0 Å². The topological polar surface area (TPSA) is 37.4 Å². The van der Waals surface area contributed by atoms with E-state index in [1.807, 2.05) is 0 Å². The Morgan fingerprint density at radius 1 is 1.57 bits per heavy atom. The van der Waals surface area contributed by atoms with E-state index in [9.17, 15) is 8.42 Å². The average Bonchev–Trinajstić information content (AvgIpc) is 2.65. The summed E-state index contributed by atoms with van der Waals surface area (Å²) in [6.45, 7) is 5.12. The molecular formula is C9H18ClNO2S. The first-order valence-electron chi connectivity index (χ1n) is 5.07. The second kappa shape index (κ2) is 4.81. The summed E-state index contributed by atoms with van der Waals surface area (Å²) in [4.78, 5) is 0. The molecule has 3 nitrogen and oxygen atoms in total. The van der Waals surface area contributed by atoms with Gasteiger partial charge in [-0.15, -0.1) is 11.6 Å². The molecule has 0 amide bonds. The Balaban J connectivity index is 2.66. The lowest BCUT2D eigenvalue weighted by Gasteiger charge is -2.19. The highest BCUT2D eigenvalue weighted by Gasteiger charge is 2.33. The molecule has 0 aromatic heterocycles. The normalized spacial score (nSPS) is 26.6. The van der Waals surface area contributed by atoms with E-state index in [1.165, 1.54) is 0 Å². The maximum atomic E-state index is 11.9. The largest absolute Gasteiger partial charge is 0.217 e. The van der Waals surface area contributed by atoms with Gasteiger partial charge in [0.25, 0.3) is 0 Å². The molecule has 1 saturated heterocycles. The van der Waals surface area contributed by atoms with E-state index in [2.05, 4.69) is 6.92 Å². The van der Waals surface area contributed by atoms with Crippen molar-refractivity contribution in [2.45, 2.75) is 31.9 Å². The molecule has 1 fully saturated rings. The predicted octanol–water partition coefficient (Wildman–Crippen LogP) is 1.68. The molecule has 1 heterocycles. The fourth-order valence-electron chi connectivity index (χ4n) is 1.70. The summed E-state index contributed by atoms with van der Waals surface area (Å²) in [5, 5.41) is -0.459. The Bertz CT molecular complexity index is 279. The fraction of sp³-hybridized carbons (Fsp3) is 1.00. The van der Waals surface area contributed by atoms with Gasteiger partial charge in [-0.2, -0.15) is 0 Å². The number of hydrogen-bond donors (Lipinski definition) is 0. The molecule has 14 heavy (non-hydrogen) atoms. The molecule has 2 atom stereocenters. The van der Waals surface area contributed by atoms with E-state index in [0.717, 1.165) is 12.8 Å². The van der Waals surface area contributed by atoms with Crippen molar-refractivity contribution in [3.05, 3.63) is 0 Å². The van der Waals surface area contributed by atoms with Crippen LogP contribution in [0.4, 0.5) is 0 Å². The van der Waals surface area contributed by atoms with Crippen molar-refractivity contribution < 1.29 is 8.42 Å². The van der Waals surface area contributed by atoms with Gasteiger partial charge >= 0.3 is 0 Å². The summed E-state index contributed by atoms with van der Waals surface area (Å²) in [5.74, 6) is 0.711. The Morgan fingerprint density at radius 3 is 2.64 bits per heavy atom. The zero-order chi connectivity index (χ0) is 10.8. The second-order valence-electron chi connectivity index (χ2n) is 3.93. The Morgan fingerprint density at radius 2 is 2.21 bits per heavy atom. The third-order valence-electron chi connectivity index (χ3n) is 2.91. The maximum Gasteiger partial charge on any atom is 0.217 e. The Kier molecular flexibility index (Phi) is 4.22. The summed E-state index contributed by atoms with van der Waals surface area (Å²) in [7, 11) is -3.13. The van der Waals surface area contributed by atoms with Crippen LogP contribution in [0.1, 0.15) is 26.7 Å². The SMILES string of the molecule is CCC1CCN(S(=O)(=O)C(C)CCl)C1. The van der Waals surface area contributed by atoms with Gasteiger partial charge in [0.1, 0.15) is 0 Å². The highest BCUT2D eigenvalue weighted by atomic mass is 35.5. The van der Waals surface area contributed by atoms with Crippen LogP contribution in [0.2, 0.25) is 0 Å². The maximum absolute atomic E-state index is 11.9. The lowest BCUT2D eigenvalue weighted by molar-refractivity contribution is 0.447. The van der Waals surface area contributed by atoms with Crippen LogP contribution in [0.15, 0.2) is 0 Å². The molecule has 1 rings (SSSR count). The number of rotatable bonds is 4. The number of nitrogens with zero attached hydrogens (tertiary/aromatic N) is 1. The summed E-state index contributed by atoms with van der Waals surface area (Å²) in [6, 6.07) is 0. The molecule has 0 N–H and O–H groups in total. The molecule has 5 heteroatoms. The lowest BCUT2D eigenvalue weighted by atomic mass is 10.1. The average molecular weight is 240 g/mol. The van der Waals surface area contributed by atoms with E-state index < -0.39 is 15.3 Å². The van der Waals surface area contributed by atoms with E-state index in [-0.39, 0.29) is 5.88 Å². The third kappa shape index (κ3) is 2.41. The zero-order valence-corrected chi connectivity index (χ0v) is 10.3. The van der Waals surface area contributed by atoms with E-state index in [0.29, 0.717) is 19.0 Å². The van der Waals surface area contributed by atoms with E-state index >= 15 is 0 Å². The van der Waals surface area contributed by atoms with Gasteiger partial charge in [-0.05, 0) is 19.3 Å². The van der Waals surface area contributed by atoms with Gasteiger partial charge in [-0.1, -0.05) is 13.3 Å². The zero-order valence-electron chi connectivity index (χ0n) is 8.74. The van der Waals surface area contributed by atoms with Crippen molar-refractivity contribution in [3.63, 3.8) is 0 Å². The fourth-order valence-corrected chi connectivity index (χ4v) is 3.62. The summed E-state index contributed by atoms with van der Waals surface area (Å²) in [5.41, 5.74) is 0. The molecule has 0 spiro atoms. The molecule has 0 radical (unpaired) electrons. The first-order chi connectivity index (χ1) is 6.52. The van der Waals surface area contributed by atoms with Crippen molar-refractivity contribution in [1.29, 1.82) is 0 Å². The van der Waals surface area contributed by atoms with Crippen molar-refractivity contribution in [2.24, 2.45) is 5.92 Å². The van der Waals surface area contributed by atoms with Crippen LogP contribution < -0.4 is 0 Å². The highest BCUT2D eigenvalue weighted by Crippen LogP contribution is 2.23.